The molecule has 2 aliphatic rings. The average Bonchev–Trinajstić information content (AvgIpc) is 3.38. The Morgan fingerprint density at radius 1 is 1.21 bits per heavy atom. The van der Waals surface area contributed by atoms with E-state index in [1.54, 1.807) is 18.0 Å². The molecule has 24 heavy (non-hydrogen) atoms. The van der Waals surface area contributed by atoms with Crippen molar-refractivity contribution in [1.82, 2.24) is 10.6 Å². The predicted octanol–water partition coefficient (Wildman–Crippen LogP) is 2.35. The maximum atomic E-state index is 12.7. The molecule has 1 saturated heterocycles. The minimum Gasteiger partial charge on any atom is -0.349 e. The van der Waals surface area contributed by atoms with Crippen LogP contribution in [0.5, 0.6) is 0 Å². The van der Waals surface area contributed by atoms with Gasteiger partial charge in [-0.15, -0.1) is 12.4 Å². The molecule has 0 spiro atoms. The summed E-state index contributed by atoms with van der Waals surface area (Å²) in [7, 11) is 1.76. The second-order valence-electron chi connectivity index (χ2n) is 6.74. The van der Waals surface area contributed by atoms with Gasteiger partial charge in [0, 0.05) is 25.0 Å². The molecule has 0 bridgehead atoms. The fourth-order valence-electron chi connectivity index (χ4n) is 3.21. The van der Waals surface area contributed by atoms with Crippen LogP contribution in [-0.2, 0) is 4.79 Å². The standard InChI is InChI=1S/C18H25N3O2.ClH/c1-12-11-14(9-10-19-12)20-17(22)15-5-3-4-6-16(15)21(2)18(23)13-7-8-13;/h3-6,12-14,19H,7-11H2,1-2H3,(H,20,22);1H. The molecular formula is C18H26ClN3O2. The third-order valence-corrected chi connectivity index (χ3v) is 4.73. The Bertz CT molecular complexity index is 604. The lowest BCUT2D eigenvalue weighted by atomic mass is 10.00. The number of rotatable bonds is 4. The van der Waals surface area contributed by atoms with Crippen LogP contribution < -0.4 is 15.5 Å². The van der Waals surface area contributed by atoms with E-state index in [2.05, 4.69) is 17.6 Å². The van der Waals surface area contributed by atoms with E-state index in [1.165, 1.54) is 0 Å². The lowest BCUT2D eigenvalue weighted by molar-refractivity contribution is -0.119. The summed E-state index contributed by atoms with van der Waals surface area (Å²) in [6, 6.07) is 7.97. The van der Waals surface area contributed by atoms with Crippen molar-refractivity contribution in [2.24, 2.45) is 5.92 Å². The van der Waals surface area contributed by atoms with Crippen molar-refractivity contribution in [1.29, 1.82) is 0 Å². The van der Waals surface area contributed by atoms with Crippen LogP contribution in [0, 0.1) is 5.92 Å². The molecule has 132 valence electrons. The van der Waals surface area contributed by atoms with Crippen molar-refractivity contribution in [2.45, 2.75) is 44.7 Å². The van der Waals surface area contributed by atoms with Crippen LogP contribution in [0.25, 0.3) is 0 Å². The molecular weight excluding hydrogens is 326 g/mol. The summed E-state index contributed by atoms with van der Waals surface area (Å²) in [6.07, 6.45) is 3.80. The molecule has 0 radical (unpaired) electrons. The van der Waals surface area contributed by atoms with Crippen LogP contribution in [0.1, 0.15) is 43.0 Å². The zero-order valence-corrected chi connectivity index (χ0v) is 15.1. The molecule has 2 N–H and O–H groups in total. The summed E-state index contributed by atoms with van der Waals surface area (Å²) in [6.45, 7) is 3.06. The number of carbonyl (C=O) groups is 2. The lowest BCUT2D eigenvalue weighted by Gasteiger charge is -2.29. The monoisotopic (exact) mass is 351 g/mol. The second-order valence-corrected chi connectivity index (χ2v) is 6.74. The normalized spacial score (nSPS) is 23.1. The Balaban J connectivity index is 0.00000208. The third-order valence-electron chi connectivity index (χ3n) is 4.73. The lowest BCUT2D eigenvalue weighted by Crippen LogP contribution is -2.46. The number of halogens is 1. The molecule has 0 aromatic heterocycles. The molecule has 1 saturated carbocycles. The van der Waals surface area contributed by atoms with Gasteiger partial charge in [0.2, 0.25) is 5.91 Å². The minimum absolute atomic E-state index is 0. The van der Waals surface area contributed by atoms with Gasteiger partial charge in [-0.1, -0.05) is 12.1 Å². The van der Waals surface area contributed by atoms with Gasteiger partial charge >= 0.3 is 0 Å². The quantitative estimate of drug-likeness (QED) is 0.875. The number of anilines is 1. The number of benzene rings is 1. The van der Waals surface area contributed by atoms with E-state index in [1.807, 2.05) is 18.2 Å². The Hall–Kier alpha value is -1.59. The first-order valence-electron chi connectivity index (χ1n) is 8.47. The maximum Gasteiger partial charge on any atom is 0.253 e. The summed E-state index contributed by atoms with van der Waals surface area (Å²) in [5, 5.41) is 6.51. The Labute approximate surface area is 149 Å². The van der Waals surface area contributed by atoms with E-state index in [0.717, 1.165) is 32.2 Å². The molecule has 1 aromatic carbocycles. The molecule has 3 rings (SSSR count). The van der Waals surface area contributed by atoms with Crippen molar-refractivity contribution in [3.05, 3.63) is 29.8 Å². The average molecular weight is 352 g/mol. The van der Waals surface area contributed by atoms with Crippen LogP contribution in [-0.4, -0.2) is 37.5 Å². The van der Waals surface area contributed by atoms with Crippen LogP contribution in [0.2, 0.25) is 0 Å². The van der Waals surface area contributed by atoms with E-state index in [0.29, 0.717) is 17.3 Å². The first-order chi connectivity index (χ1) is 11.1. The Morgan fingerprint density at radius 2 is 1.92 bits per heavy atom. The highest BCUT2D eigenvalue weighted by molar-refractivity contribution is 6.05. The molecule has 2 fully saturated rings. The van der Waals surface area contributed by atoms with Gasteiger partial charge in [0.05, 0.1) is 11.3 Å². The topological polar surface area (TPSA) is 61.4 Å². The van der Waals surface area contributed by atoms with Gasteiger partial charge in [0.25, 0.3) is 5.91 Å². The third kappa shape index (κ3) is 4.28. The molecule has 2 atom stereocenters. The second kappa shape index (κ2) is 7.99. The molecule has 5 nitrogen and oxygen atoms in total. The molecule has 1 heterocycles. The van der Waals surface area contributed by atoms with Gasteiger partial charge in [0.1, 0.15) is 0 Å². The summed E-state index contributed by atoms with van der Waals surface area (Å²) < 4.78 is 0. The van der Waals surface area contributed by atoms with E-state index in [4.69, 9.17) is 0 Å². The van der Waals surface area contributed by atoms with E-state index >= 15 is 0 Å². The predicted molar refractivity (Wildman–Crippen MR) is 97.8 cm³/mol. The summed E-state index contributed by atoms with van der Waals surface area (Å²) in [5.74, 6) is 0.164. The largest absolute Gasteiger partial charge is 0.349 e. The van der Waals surface area contributed by atoms with Crippen molar-refractivity contribution in [2.75, 3.05) is 18.5 Å². The van der Waals surface area contributed by atoms with Gasteiger partial charge in [-0.3, -0.25) is 9.59 Å². The molecule has 6 heteroatoms. The summed E-state index contributed by atoms with van der Waals surface area (Å²) in [5.41, 5.74) is 1.28. The number of nitrogens with one attached hydrogen (secondary N) is 2. The van der Waals surface area contributed by atoms with Gasteiger partial charge < -0.3 is 15.5 Å². The highest BCUT2D eigenvalue weighted by atomic mass is 35.5. The molecule has 1 aromatic rings. The van der Waals surface area contributed by atoms with Gasteiger partial charge in [-0.05, 0) is 51.3 Å². The number of amides is 2. The fraction of sp³-hybridized carbons (Fsp3) is 0.556. The number of hydrogen-bond donors (Lipinski definition) is 2. The first kappa shape index (κ1) is 18.7. The smallest absolute Gasteiger partial charge is 0.253 e. The number of carbonyl (C=O) groups excluding carboxylic acids is 2. The van der Waals surface area contributed by atoms with Gasteiger partial charge in [0.15, 0.2) is 0 Å². The molecule has 2 amide bonds. The fourth-order valence-corrected chi connectivity index (χ4v) is 3.21. The number of para-hydroxylation sites is 1. The Kier molecular flexibility index (Phi) is 6.24. The van der Waals surface area contributed by atoms with Crippen molar-refractivity contribution in [3.63, 3.8) is 0 Å². The van der Waals surface area contributed by atoms with Crippen LogP contribution in [0.4, 0.5) is 5.69 Å². The minimum atomic E-state index is -0.0878. The van der Waals surface area contributed by atoms with Crippen LogP contribution >= 0.6 is 12.4 Å². The number of hydrogen-bond acceptors (Lipinski definition) is 3. The number of nitrogens with zero attached hydrogens (tertiary/aromatic N) is 1. The zero-order valence-electron chi connectivity index (χ0n) is 14.2. The number of piperidine rings is 1. The summed E-state index contributed by atoms with van der Waals surface area (Å²) in [4.78, 5) is 26.6. The molecule has 2 unspecified atom stereocenters. The van der Waals surface area contributed by atoms with Crippen LogP contribution in [0.3, 0.4) is 0 Å². The highest BCUT2D eigenvalue weighted by Crippen LogP contribution is 2.33. The molecule has 1 aliphatic heterocycles. The van der Waals surface area contributed by atoms with Crippen LogP contribution in [0.15, 0.2) is 24.3 Å². The zero-order chi connectivity index (χ0) is 16.4. The van der Waals surface area contributed by atoms with Gasteiger partial charge in [-0.2, -0.15) is 0 Å². The molecule has 1 aliphatic carbocycles. The summed E-state index contributed by atoms with van der Waals surface area (Å²) >= 11 is 0. The van der Waals surface area contributed by atoms with Crippen molar-refractivity contribution >= 4 is 29.9 Å². The van der Waals surface area contributed by atoms with Gasteiger partial charge in [-0.25, -0.2) is 0 Å². The highest BCUT2D eigenvalue weighted by Gasteiger charge is 2.33. The van der Waals surface area contributed by atoms with E-state index in [9.17, 15) is 9.59 Å². The van der Waals surface area contributed by atoms with Crippen molar-refractivity contribution < 1.29 is 9.59 Å². The maximum absolute atomic E-state index is 12.7. The van der Waals surface area contributed by atoms with E-state index < -0.39 is 0 Å². The first-order valence-corrected chi connectivity index (χ1v) is 8.47. The SMILES string of the molecule is CC1CC(NC(=O)c2ccccc2N(C)C(=O)C2CC2)CCN1.Cl. The van der Waals surface area contributed by atoms with Crippen molar-refractivity contribution in [3.8, 4) is 0 Å². The Morgan fingerprint density at radius 3 is 2.58 bits per heavy atom. The van der Waals surface area contributed by atoms with E-state index in [-0.39, 0.29) is 36.2 Å².